The Bertz CT molecular complexity index is 691. The van der Waals surface area contributed by atoms with Crippen molar-refractivity contribution >= 4 is 23.1 Å². The van der Waals surface area contributed by atoms with Crippen LogP contribution in [-0.2, 0) is 0 Å². The first-order valence-corrected chi connectivity index (χ1v) is 6.94. The first kappa shape index (κ1) is 11.1. The molecule has 2 nitrogen and oxygen atoms in total. The van der Waals surface area contributed by atoms with Gasteiger partial charge in [-0.05, 0) is 30.2 Å². The lowest BCUT2D eigenvalue weighted by atomic mass is 9.92. The van der Waals surface area contributed by atoms with E-state index in [0.717, 1.165) is 30.4 Å². The van der Waals surface area contributed by atoms with Crippen molar-refractivity contribution in [3.8, 4) is 11.1 Å². The number of benzene rings is 2. The maximum Gasteiger partial charge on any atom is 0.136 e. The highest BCUT2D eigenvalue weighted by Gasteiger charge is 2.28. The number of nitrogens with zero attached hydrogens (tertiary/aromatic N) is 2. The van der Waals surface area contributed by atoms with E-state index < -0.39 is 0 Å². The van der Waals surface area contributed by atoms with E-state index in [-0.39, 0.29) is 0 Å². The van der Waals surface area contributed by atoms with Gasteiger partial charge in [-0.1, -0.05) is 35.9 Å². The fourth-order valence-electron chi connectivity index (χ4n) is 2.94. The van der Waals surface area contributed by atoms with Crippen molar-refractivity contribution in [1.29, 1.82) is 0 Å². The Morgan fingerprint density at radius 1 is 1.00 bits per heavy atom. The normalized spacial score (nSPS) is 16.3. The molecule has 0 aliphatic carbocycles. The van der Waals surface area contributed by atoms with Gasteiger partial charge in [0, 0.05) is 29.2 Å². The summed E-state index contributed by atoms with van der Waals surface area (Å²) in [6, 6.07) is 14.6. The van der Waals surface area contributed by atoms with Crippen LogP contribution in [0.15, 0.2) is 47.5 Å². The highest BCUT2D eigenvalue weighted by atomic mass is 35.5. The molecule has 0 atom stereocenters. The fraction of sp³-hybridized carbons (Fsp3) is 0.188. The zero-order valence-corrected chi connectivity index (χ0v) is 11.2. The lowest BCUT2D eigenvalue weighted by Crippen LogP contribution is -2.39. The van der Waals surface area contributed by atoms with Crippen molar-refractivity contribution in [3.63, 3.8) is 0 Å². The van der Waals surface area contributed by atoms with Crippen LogP contribution in [0.4, 0.5) is 5.69 Å². The second-order valence-corrected chi connectivity index (χ2v) is 5.35. The molecule has 2 aromatic carbocycles. The van der Waals surface area contributed by atoms with Crippen LogP contribution in [-0.4, -0.2) is 18.9 Å². The molecule has 2 aromatic rings. The summed E-state index contributed by atoms with van der Waals surface area (Å²) in [7, 11) is 0. The topological polar surface area (TPSA) is 15.6 Å². The Kier molecular flexibility index (Phi) is 2.39. The molecule has 0 N–H and O–H groups in total. The molecule has 0 bridgehead atoms. The van der Waals surface area contributed by atoms with Crippen LogP contribution < -0.4 is 4.90 Å². The highest BCUT2D eigenvalue weighted by molar-refractivity contribution is 6.31. The number of fused-ring (bicyclic) bond motifs is 6. The number of hydrogen-bond donors (Lipinski definition) is 0. The third-order valence-electron chi connectivity index (χ3n) is 3.76. The molecular weight excluding hydrogens is 256 g/mol. The molecule has 0 amide bonds. The maximum absolute atomic E-state index is 6.17. The van der Waals surface area contributed by atoms with Crippen molar-refractivity contribution in [3.05, 3.63) is 53.1 Å². The molecule has 0 radical (unpaired) electrons. The number of aliphatic imine (C=N–C) groups is 1. The van der Waals surface area contributed by atoms with Crippen molar-refractivity contribution in [2.24, 2.45) is 4.99 Å². The quantitative estimate of drug-likeness (QED) is 0.706. The molecule has 94 valence electrons. The van der Waals surface area contributed by atoms with Crippen molar-refractivity contribution < 1.29 is 0 Å². The summed E-state index contributed by atoms with van der Waals surface area (Å²) >= 11 is 6.17. The van der Waals surface area contributed by atoms with E-state index in [0.29, 0.717) is 0 Å². The smallest absolute Gasteiger partial charge is 0.136 e. The minimum atomic E-state index is 0.783. The third kappa shape index (κ3) is 1.60. The van der Waals surface area contributed by atoms with Gasteiger partial charge in [-0.25, -0.2) is 0 Å². The summed E-state index contributed by atoms with van der Waals surface area (Å²) in [5.74, 6) is 1.11. The van der Waals surface area contributed by atoms with Crippen LogP contribution in [0.2, 0.25) is 5.02 Å². The molecule has 2 heterocycles. The third-order valence-corrected chi connectivity index (χ3v) is 4.00. The van der Waals surface area contributed by atoms with Crippen LogP contribution in [0.1, 0.15) is 12.0 Å². The van der Waals surface area contributed by atoms with Crippen LogP contribution in [0.25, 0.3) is 11.1 Å². The molecule has 3 heteroatoms. The van der Waals surface area contributed by atoms with Gasteiger partial charge in [-0.2, -0.15) is 0 Å². The summed E-state index contributed by atoms with van der Waals surface area (Å²) in [5.41, 5.74) is 4.89. The number of amidine groups is 1. The van der Waals surface area contributed by atoms with Crippen LogP contribution in [0.3, 0.4) is 0 Å². The maximum atomic E-state index is 6.17. The van der Waals surface area contributed by atoms with Crippen LogP contribution in [0, 0.1) is 0 Å². The van der Waals surface area contributed by atoms with E-state index in [4.69, 9.17) is 16.6 Å². The van der Waals surface area contributed by atoms with Gasteiger partial charge in [0.2, 0.25) is 0 Å². The average Bonchev–Trinajstić information content (AvgIpc) is 2.47. The molecule has 0 spiro atoms. The molecule has 0 aromatic heterocycles. The van der Waals surface area contributed by atoms with E-state index >= 15 is 0 Å². The van der Waals surface area contributed by atoms with Gasteiger partial charge in [0.05, 0.1) is 5.69 Å². The second kappa shape index (κ2) is 4.10. The van der Waals surface area contributed by atoms with Crippen LogP contribution in [0.5, 0.6) is 0 Å². The zero-order valence-electron chi connectivity index (χ0n) is 10.4. The summed E-state index contributed by atoms with van der Waals surface area (Å²) in [5, 5.41) is 0.783. The van der Waals surface area contributed by atoms with Gasteiger partial charge in [0.1, 0.15) is 5.84 Å². The van der Waals surface area contributed by atoms with E-state index in [1.165, 1.54) is 22.4 Å². The fourth-order valence-corrected chi connectivity index (χ4v) is 3.11. The number of halogens is 1. The first-order valence-electron chi connectivity index (χ1n) is 6.56. The first-order chi connectivity index (χ1) is 9.34. The van der Waals surface area contributed by atoms with Crippen molar-refractivity contribution in [2.45, 2.75) is 6.42 Å². The van der Waals surface area contributed by atoms with Crippen molar-refractivity contribution in [2.75, 3.05) is 18.0 Å². The Morgan fingerprint density at radius 3 is 2.74 bits per heavy atom. The minimum Gasteiger partial charge on any atom is -0.326 e. The lowest BCUT2D eigenvalue weighted by molar-refractivity contribution is 0.789. The molecule has 4 rings (SSSR count). The Labute approximate surface area is 117 Å². The number of rotatable bonds is 0. The summed E-state index contributed by atoms with van der Waals surface area (Å²) in [4.78, 5) is 7.04. The molecule has 19 heavy (non-hydrogen) atoms. The molecular formula is C16H13ClN2. The summed E-state index contributed by atoms with van der Waals surface area (Å²) < 4.78 is 0. The van der Waals surface area contributed by atoms with Crippen molar-refractivity contribution in [1.82, 2.24) is 0 Å². The van der Waals surface area contributed by atoms with Crippen LogP contribution >= 0.6 is 11.6 Å². The molecule has 0 saturated heterocycles. The van der Waals surface area contributed by atoms with E-state index in [1.54, 1.807) is 0 Å². The molecule has 2 aliphatic rings. The van der Waals surface area contributed by atoms with E-state index in [1.807, 2.05) is 6.07 Å². The second-order valence-electron chi connectivity index (χ2n) is 4.92. The predicted octanol–water partition coefficient (Wildman–Crippen LogP) is 3.98. The van der Waals surface area contributed by atoms with Gasteiger partial charge >= 0.3 is 0 Å². The predicted molar refractivity (Wildman–Crippen MR) is 80.3 cm³/mol. The Hall–Kier alpha value is -1.80. The molecule has 0 unspecified atom stereocenters. The summed E-state index contributed by atoms with van der Waals surface area (Å²) in [6.45, 7) is 1.95. The lowest BCUT2D eigenvalue weighted by Gasteiger charge is -2.36. The van der Waals surface area contributed by atoms with Gasteiger partial charge in [-0.15, -0.1) is 0 Å². The van der Waals surface area contributed by atoms with Gasteiger partial charge in [0.25, 0.3) is 0 Å². The highest BCUT2D eigenvalue weighted by Crippen LogP contribution is 2.41. The van der Waals surface area contributed by atoms with Gasteiger partial charge in [-0.3, -0.25) is 4.99 Å². The largest absolute Gasteiger partial charge is 0.326 e. The number of hydrogen-bond acceptors (Lipinski definition) is 2. The summed E-state index contributed by atoms with van der Waals surface area (Å²) in [6.07, 6.45) is 1.10. The SMILES string of the molecule is Clc1ccc2c(c1)-c1ccccc1C1=NCCCN12. The standard InChI is InChI=1S/C16H13ClN2/c17-11-6-7-15-14(10-11)12-4-1-2-5-13(12)16-18-8-3-9-19(15)16/h1-2,4-7,10H,3,8-9H2. The zero-order chi connectivity index (χ0) is 12.8. The minimum absolute atomic E-state index is 0.783. The molecule has 2 aliphatic heterocycles. The Morgan fingerprint density at radius 2 is 1.84 bits per heavy atom. The van der Waals surface area contributed by atoms with E-state index in [2.05, 4.69) is 41.3 Å². The van der Waals surface area contributed by atoms with Gasteiger partial charge < -0.3 is 4.90 Å². The average molecular weight is 269 g/mol. The molecule has 0 fully saturated rings. The van der Waals surface area contributed by atoms with Gasteiger partial charge in [0.15, 0.2) is 0 Å². The molecule has 0 saturated carbocycles. The van der Waals surface area contributed by atoms with E-state index in [9.17, 15) is 0 Å². The number of anilines is 1. The Balaban J connectivity index is 2.06. The monoisotopic (exact) mass is 268 g/mol.